The Morgan fingerprint density at radius 1 is 0.958 bits per heavy atom. The fourth-order valence-corrected chi connectivity index (χ4v) is 2.55. The zero-order valence-electron chi connectivity index (χ0n) is 13.0. The molecule has 0 radical (unpaired) electrons. The highest BCUT2D eigenvalue weighted by Gasteiger charge is 2.12. The van der Waals surface area contributed by atoms with Crippen molar-refractivity contribution in [1.29, 1.82) is 0 Å². The van der Waals surface area contributed by atoms with E-state index in [1.165, 1.54) is 12.1 Å². The van der Waals surface area contributed by atoms with Crippen molar-refractivity contribution in [3.05, 3.63) is 65.7 Å². The van der Waals surface area contributed by atoms with Gasteiger partial charge >= 0.3 is 0 Å². The van der Waals surface area contributed by atoms with Gasteiger partial charge in [0.2, 0.25) is 0 Å². The lowest BCUT2D eigenvalue weighted by molar-refractivity contribution is 0.0951. The van der Waals surface area contributed by atoms with Crippen LogP contribution < -0.4 is 11.1 Å². The molecule has 5 nitrogen and oxygen atoms in total. The van der Waals surface area contributed by atoms with Gasteiger partial charge in [-0.25, -0.2) is 0 Å². The highest BCUT2D eigenvalue weighted by Crippen LogP contribution is 2.27. The second-order valence-electron chi connectivity index (χ2n) is 5.65. The minimum absolute atomic E-state index is 0.0850. The van der Waals surface area contributed by atoms with E-state index in [9.17, 15) is 15.0 Å². The maximum atomic E-state index is 12.3. The molecular weight excluding hydrogens is 304 g/mol. The molecule has 0 aliphatic heterocycles. The number of carbonyl (C=O) groups is 1. The van der Waals surface area contributed by atoms with Crippen molar-refractivity contribution >= 4 is 22.4 Å². The number of nitrogens with two attached hydrogens (primary N) is 1. The van der Waals surface area contributed by atoms with Gasteiger partial charge in [0, 0.05) is 12.2 Å². The number of rotatable bonds is 4. The molecule has 0 bridgehead atoms. The summed E-state index contributed by atoms with van der Waals surface area (Å²) in [4.78, 5) is 12.3. The number of carbonyl (C=O) groups excluding carboxylic acids is 1. The maximum Gasteiger partial charge on any atom is 0.255 e. The van der Waals surface area contributed by atoms with Crippen LogP contribution in [-0.2, 0) is 6.42 Å². The summed E-state index contributed by atoms with van der Waals surface area (Å²) in [6.45, 7) is 0.445. The number of phenolic OH excluding ortho intramolecular Hbond substituents is 2. The number of amides is 1. The Hall–Kier alpha value is -3.21. The molecule has 0 atom stereocenters. The van der Waals surface area contributed by atoms with Crippen LogP contribution in [-0.4, -0.2) is 22.7 Å². The van der Waals surface area contributed by atoms with Gasteiger partial charge in [0.15, 0.2) is 0 Å². The number of fused-ring (bicyclic) bond motifs is 1. The Bertz CT molecular complexity index is 889. The molecule has 5 N–H and O–H groups in total. The van der Waals surface area contributed by atoms with Crippen molar-refractivity contribution in [3.8, 4) is 11.5 Å². The molecule has 0 aliphatic rings. The molecule has 0 saturated heterocycles. The highest BCUT2D eigenvalue weighted by atomic mass is 16.3. The molecule has 3 aromatic carbocycles. The van der Waals surface area contributed by atoms with Crippen LogP contribution >= 0.6 is 0 Å². The van der Waals surface area contributed by atoms with Crippen LogP contribution in [0.4, 0.5) is 5.69 Å². The summed E-state index contributed by atoms with van der Waals surface area (Å²) >= 11 is 0. The zero-order valence-corrected chi connectivity index (χ0v) is 13.0. The zero-order chi connectivity index (χ0) is 17.1. The first-order valence-corrected chi connectivity index (χ1v) is 7.61. The predicted octanol–water partition coefficient (Wildman–Crippen LogP) is 2.81. The van der Waals surface area contributed by atoms with Crippen molar-refractivity contribution in [2.24, 2.45) is 0 Å². The molecule has 0 aliphatic carbocycles. The van der Waals surface area contributed by atoms with Crippen LogP contribution in [0.5, 0.6) is 11.5 Å². The summed E-state index contributed by atoms with van der Waals surface area (Å²) in [5.41, 5.74) is 7.59. The summed E-state index contributed by atoms with van der Waals surface area (Å²) in [5.74, 6) is -0.325. The van der Waals surface area contributed by atoms with Crippen LogP contribution in [0.25, 0.3) is 10.8 Å². The Balaban J connectivity index is 1.71. The molecule has 24 heavy (non-hydrogen) atoms. The predicted molar refractivity (Wildman–Crippen MR) is 94.2 cm³/mol. The van der Waals surface area contributed by atoms with E-state index >= 15 is 0 Å². The monoisotopic (exact) mass is 322 g/mol. The van der Waals surface area contributed by atoms with E-state index in [2.05, 4.69) is 5.32 Å². The minimum Gasteiger partial charge on any atom is -0.508 e. The third-order valence-electron chi connectivity index (χ3n) is 3.86. The number of hydrogen-bond donors (Lipinski definition) is 4. The van der Waals surface area contributed by atoms with E-state index < -0.39 is 0 Å². The van der Waals surface area contributed by atoms with Crippen molar-refractivity contribution in [1.82, 2.24) is 5.32 Å². The first-order chi connectivity index (χ1) is 11.5. The lowest BCUT2D eigenvalue weighted by atomic mass is 10.0. The van der Waals surface area contributed by atoms with E-state index in [0.29, 0.717) is 24.0 Å². The molecule has 1 amide bonds. The lowest BCUT2D eigenvalue weighted by Gasteiger charge is -2.09. The summed E-state index contributed by atoms with van der Waals surface area (Å²) < 4.78 is 0. The Labute approximate surface area is 139 Å². The van der Waals surface area contributed by atoms with Gasteiger partial charge in [-0.1, -0.05) is 18.2 Å². The number of anilines is 1. The lowest BCUT2D eigenvalue weighted by Crippen LogP contribution is -2.25. The number of phenols is 2. The van der Waals surface area contributed by atoms with Gasteiger partial charge in [-0.3, -0.25) is 4.79 Å². The van der Waals surface area contributed by atoms with E-state index in [1.54, 1.807) is 18.2 Å². The standard InChI is InChI=1S/C19H18N2O3/c20-15-4-1-12(2-5-15)7-8-21-19(24)17-10-14-9-16(22)6-3-13(14)11-18(17)23/h1-6,9-11,22-23H,7-8,20H2,(H,21,24). The summed E-state index contributed by atoms with van der Waals surface area (Å²) in [6, 6.07) is 15.3. The number of nitrogen functional groups attached to an aromatic ring is 1. The van der Waals surface area contributed by atoms with Crippen molar-refractivity contribution in [3.63, 3.8) is 0 Å². The summed E-state index contributed by atoms with van der Waals surface area (Å²) in [5, 5.41) is 23.8. The van der Waals surface area contributed by atoms with Crippen molar-refractivity contribution in [2.45, 2.75) is 6.42 Å². The van der Waals surface area contributed by atoms with E-state index in [1.807, 2.05) is 24.3 Å². The van der Waals surface area contributed by atoms with Gasteiger partial charge in [-0.05, 0) is 59.2 Å². The van der Waals surface area contributed by atoms with Crippen LogP contribution in [0, 0.1) is 0 Å². The van der Waals surface area contributed by atoms with Crippen molar-refractivity contribution < 1.29 is 15.0 Å². The Kier molecular flexibility index (Phi) is 4.24. The maximum absolute atomic E-state index is 12.3. The third-order valence-corrected chi connectivity index (χ3v) is 3.86. The van der Waals surface area contributed by atoms with Crippen LogP contribution in [0.2, 0.25) is 0 Å². The molecule has 122 valence electrons. The Morgan fingerprint density at radius 3 is 2.46 bits per heavy atom. The third kappa shape index (κ3) is 3.41. The van der Waals surface area contributed by atoms with Gasteiger partial charge in [-0.2, -0.15) is 0 Å². The first-order valence-electron chi connectivity index (χ1n) is 7.61. The Morgan fingerprint density at radius 2 is 1.71 bits per heavy atom. The number of nitrogens with one attached hydrogen (secondary N) is 1. The second kappa shape index (κ2) is 6.50. The quantitative estimate of drug-likeness (QED) is 0.555. The van der Waals surface area contributed by atoms with Gasteiger partial charge in [-0.15, -0.1) is 0 Å². The average Bonchev–Trinajstić information content (AvgIpc) is 2.56. The molecule has 0 spiro atoms. The molecule has 0 unspecified atom stereocenters. The number of benzene rings is 3. The molecule has 3 rings (SSSR count). The van der Waals surface area contributed by atoms with E-state index in [-0.39, 0.29) is 23.0 Å². The fraction of sp³-hybridized carbons (Fsp3) is 0.105. The summed E-state index contributed by atoms with van der Waals surface area (Å²) in [7, 11) is 0. The van der Waals surface area contributed by atoms with Gasteiger partial charge in [0.25, 0.3) is 5.91 Å². The number of hydrogen-bond acceptors (Lipinski definition) is 4. The van der Waals surface area contributed by atoms with Gasteiger partial charge in [0.1, 0.15) is 11.5 Å². The topological polar surface area (TPSA) is 95.6 Å². The second-order valence-corrected chi connectivity index (χ2v) is 5.65. The molecule has 0 fully saturated rings. The summed E-state index contributed by atoms with van der Waals surface area (Å²) in [6.07, 6.45) is 0.668. The van der Waals surface area contributed by atoms with E-state index in [4.69, 9.17) is 5.73 Å². The molecule has 0 aromatic heterocycles. The first kappa shape index (κ1) is 15.7. The number of aromatic hydroxyl groups is 2. The molecule has 0 saturated carbocycles. The van der Waals surface area contributed by atoms with E-state index in [0.717, 1.165) is 10.9 Å². The van der Waals surface area contributed by atoms with Gasteiger partial charge < -0.3 is 21.3 Å². The van der Waals surface area contributed by atoms with Crippen LogP contribution in [0.15, 0.2) is 54.6 Å². The van der Waals surface area contributed by atoms with Gasteiger partial charge in [0.05, 0.1) is 5.56 Å². The van der Waals surface area contributed by atoms with Crippen molar-refractivity contribution in [2.75, 3.05) is 12.3 Å². The molecule has 3 aromatic rings. The van der Waals surface area contributed by atoms with Crippen LogP contribution in [0.1, 0.15) is 15.9 Å². The molecule has 0 heterocycles. The highest BCUT2D eigenvalue weighted by molar-refractivity contribution is 6.01. The molecule has 5 heteroatoms. The SMILES string of the molecule is Nc1ccc(CCNC(=O)c2cc3cc(O)ccc3cc2O)cc1. The smallest absolute Gasteiger partial charge is 0.255 e. The largest absolute Gasteiger partial charge is 0.508 e. The molecular formula is C19H18N2O3. The fourth-order valence-electron chi connectivity index (χ4n) is 2.55. The van der Waals surface area contributed by atoms with Crippen LogP contribution in [0.3, 0.4) is 0 Å². The minimum atomic E-state index is -0.354. The normalized spacial score (nSPS) is 10.7. The average molecular weight is 322 g/mol.